The normalized spacial score (nSPS) is 10.9. The zero-order chi connectivity index (χ0) is 7.82. The molecule has 0 aromatic heterocycles. The number of carbonyl (C=O) groups is 1. The first kappa shape index (κ1) is 9.82. The Morgan fingerprint density at radius 3 is 2.80 bits per heavy atom. The number of hydrogen-bond donors (Lipinski definition) is 3. The Bertz CT molecular complexity index is 98.9. The summed E-state index contributed by atoms with van der Waals surface area (Å²) < 4.78 is 0. The van der Waals surface area contributed by atoms with Crippen molar-refractivity contribution in [2.75, 3.05) is 12.9 Å². The van der Waals surface area contributed by atoms with E-state index in [-0.39, 0.29) is 13.2 Å². The van der Waals surface area contributed by atoms with Crippen molar-refractivity contribution in [3.8, 4) is 0 Å². The van der Waals surface area contributed by atoms with Gasteiger partial charge in [0.05, 0.1) is 6.73 Å². The van der Waals surface area contributed by atoms with Crippen LogP contribution in [0.25, 0.3) is 0 Å². The summed E-state index contributed by atoms with van der Waals surface area (Å²) in [7, 11) is 0.468. The highest BCUT2D eigenvalue weighted by molar-refractivity contribution is 7.35. The Kier molecular flexibility index (Phi) is 6.81. The Hall–Kier alpha value is -0.180. The van der Waals surface area contributed by atoms with Crippen molar-refractivity contribution in [3.63, 3.8) is 0 Å². The maximum absolute atomic E-state index is 9.97. The molecule has 0 rings (SSSR count). The Labute approximate surface area is 61.5 Å². The van der Waals surface area contributed by atoms with Crippen LogP contribution in [0.15, 0.2) is 0 Å². The SMILES string of the molecule is O=C(O)CCCPNCO. The summed E-state index contributed by atoms with van der Waals surface area (Å²) in [5, 5.41) is 19.2. The average molecular weight is 165 g/mol. The summed E-state index contributed by atoms with van der Waals surface area (Å²) in [6.45, 7) is -0.0223. The molecule has 4 nitrogen and oxygen atoms in total. The van der Waals surface area contributed by atoms with Crippen molar-refractivity contribution < 1.29 is 15.0 Å². The standard InChI is InChI=1S/C5H12NO3P/c7-4-6-10-3-1-2-5(8)9/h6-7,10H,1-4H2,(H,8,9). The molecule has 10 heavy (non-hydrogen) atoms. The number of aliphatic hydroxyl groups excluding tert-OH is 1. The van der Waals surface area contributed by atoms with Crippen molar-refractivity contribution >= 4 is 14.7 Å². The minimum absolute atomic E-state index is 0.0223. The maximum Gasteiger partial charge on any atom is 0.303 e. The van der Waals surface area contributed by atoms with Gasteiger partial charge in [-0.15, -0.1) is 0 Å². The molecule has 5 heteroatoms. The minimum Gasteiger partial charge on any atom is -0.481 e. The quantitative estimate of drug-likeness (QED) is 0.294. The number of aliphatic carboxylic acids is 1. The van der Waals surface area contributed by atoms with Gasteiger partial charge in [-0.2, -0.15) is 0 Å². The third kappa shape index (κ3) is 7.82. The van der Waals surface area contributed by atoms with Gasteiger partial charge in [0, 0.05) is 6.42 Å². The van der Waals surface area contributed by atoms with Gasteiger partial charge in [0.2, 0.25) is 0 Å². The molecule has 0 spiro atoms. The molecule has 0 heterocycles. The van der Waals surface area contributed by atoms with Crippen molar-refractivity contribution in [1.29, 1.82) is 0 Å². The fourth-order valence-corrected chi connectivity index (χ4v) is 1.11. The number of nitrogens with one attached hydrogen (secondary N) is 1. The van der Waals surface area contributed by atoms with Gasteiger partial charge >= 0.3 is 5.97 Å². The van der Waals surface area contributed by atoms with Crippen molar-refractivity contribution in [2.45, 2.75) is 12.8 Å². The zero-order valence-corrected chi connectivity index (χ0v) is 6.63. The fraction of sp³-hybridized carbons (Fsp3) is 0.800. The molecular weight excluding hydrogens is 153 g/mol. The molecule has 0 aromatic rings. The first-order valence-electron chi connectivity index (χ1n) is 3.05. The Morgan fingerprint density at radius 2 is 2.30 bits per heavy atom. The number of carboxylic acids is 1. The van der Waals surface area contributed by atoms with E-state index in [0.717, 1.165) is 6.16 Å². The van der Waals surface area contributed by atoms with Gasteiger partial charge in [-0.25, -0.2) is 0 Å². The van der Waals surface area contributed by atoms with E-state index >= 15 is 0 Å². The van der Waals surface area contributed by atoms with Gasteiger partial charge in [0.1, 0.15) is 0 Å². The predicted molar refractivity (Wildman–Crippen MR) is 40.3 cm³/mol. The van der Waals surface area contributed by atoms with Gasteiger partial charge in [-0.1, -0.05) is 8.73 Å². The van der Waals surface area contributed by atoms with Crippen LogP contribution < -0.4 is 5.09 Å². The molecule has 0 saturated carbocycles. The Morgan fingerprint density at radius 1 is 1.60 bits per heavy atom. The summed E-state index contributed by atoms with van der Waals surface area (Å²) in [5.74, 6) is -0.756. The van der Waals surface area contributed by atoms with E-state index in [1.807, 2.05) is 0 Å². The molecule has 3 N–H and O–H groups in total. The lowest BCUT2D eigenvalue weighted by Crippen LogP contribution is -2.03. The number of rotatable bonds is 6. The van der Waals surface area contributed by atoms with E-state index in [1.165, 1.54) is 0 Å². The van der Waals surface area contributed by atoms with Crippen molar-refractivity contribution in [3.05, 3.63) is 0 Å². The van der Waals surface area contributed by atoms with E-state index in [2.05, 4.69) is 5.09 Å². The second-order valence-corrected chi connectivity index (χ2v) is 2.97. The van der Waals surface area contributed by atoms with Crippen LogP contribution in [0.1, 0.15) is 12.8 Å². The maximum atomic E-state index is 9.97. The van der Waals surface area contributed by atoms with Gasteiger partial charge in [-0.05, 0) is 12.6 Å². The summed E-state index contributed by atoms with van der Waals surface area (Å²) in [6.07, 6.45) is 1.73. The highest BCUT2D eigenvalue weighted by atomic mass is 31.1. The van der Waals surface area contributed by atoms with Gasteiger partial charge < -0.3 is 10.2 Å². The molecule has 0 radical (unpaired) electrons. The summed E-state index contributed by atoms with van der Waals surface area (Å²) >= 11 is 0. The van der Waals surface area contributed by atoms with E-state index in [4.69, 9.17) is 10.2 Å². The second-order valence-electron chi connectivity index (χ2n) is 1.76. The largest absolute Gasteiger partial charge is 0.481 e. The molecule has 1 unspecified atom stereocenters. The third-order valence-corrected chi connectivity index (χ3v) is 1.91. The van der Waals surface area contributed by atoms with Crippen LogP contribution in [-0.4, -0.2) is 29.1 Å². The zero-order valence-electron chi connectivity index (χ0n) is 5.63. The van der Waals surface area contributed by atoms with Crippen LogP contribution in [0.5, 0.6) is 0 Å². The summed E-state index contributed by atoms with van der Waals surface area (Å²) in [6, 6.07) is 0. The lowest BCUT2D eigenvalue weighted by molar-refractivity contribution is -0.137. The number of carboxylic acid groups (broad SMARTS) is 1. The highest BCUT2D eigenvalue weighted by Gasteiger charge is 1.94. The first-order chi connectivity index (χ1) is 4.77. The van der Waals surface area contributed by atoms with Crippen LogP contribution >= 0.6 is 8.73 Å². The molecule has 0 saturated heterocycles. The van der Waals surface area contributed by atoms with Gasteiger partial charge in [-0.3, -0.25) is 9.88 Å². The molecule has 0 aliphatic rings. The summed E-state index contributed by atoms with van der Waals surface area (Å²) in [5.41, 5.74) is 0. The molecule has 0 amide bonds. The van der Waals surface area contributed by atoms with Gasteiger partial charge in [0.15, 0.2) is 0 Å². The molecule has 0 fully saturated rings. The molecule has 0 aromatic carbocycles. The molecule has 0 aliphatic carbocycles. The van der Waals surface area contributed by atoms with Gasteiger partial charge in [0.25, 0.3) is 0 Å². The van der Waals surface area contributed by atoms with E-state index < -0.39 is 5.97 Å². The lowest BCUT2D eigenvalue weighted by atomic mass is 10.3. The van der Waals surface area contributed by atoms with Crippen LogP contribution in [0.2, 0.25) is 0 Å². The second kappa shape index (κ2) is 6.93. The average Bonchev–Trinajstić information content (AvgIpc) is 1.87. The van der Waals surface area contributed by atoms with Crippen molar-refractivity contribution in [1.82, 2.24) is 5.09 Å². The van der Waals surface area contributed by atoms with Crippen LogP contribution in [0, 0.1) is 0 Å². The van der Waals surface area contributed by atoms with Crippen molar-refractivity contribution in [2.24, 2.45) is 0 Å². The molecule has 0 aliphatic heterocycles. The highest BCUT2D eigenvalue weighted by Crippen LogP contribution is 2.05. The minimum atomic E-state index is -0.756. The number of hydrogen-bond acceptors (Lipinski definition) is 3. The topological polar surface area (TPSA) is 69.6 Å². The van der Waals surface area contributed by atoms with E-state index in [1.54, 1.807) is 0 Å². The smallest absolute Gasteiger partial charge is 0.303 e. The van der Waals surface area contributed by atoms with Crippen LogP contribution in [-0.2, 0) is 4.79 Å². The fourth-order valence-electron chi connectivity index (χ4n) is 0.472. The monoisotopic (exact) mass is 165 g/mol. The van der Waals surface area contributed by atoms with E-state index in [0.29, 0.717) is 15.2 Å². The molecule has 60 valence electrons. The lowest BCUT2D eigenvalue weighted by Gasteiger charge is -1.97. The summed E-state index contributed by atoms with van der Waals surface area (Å²) in [4.78, 5) is 9.97. The molecule has 0 bridgehead atoms. The first-order valence-corrected chi connectivity index (χ1v) is 4.26. The predicted octanol–water partition coefficient (Wildman–Crippen LogP) is -0.0159. The Balaban J connectivity index is 2.84. The number of aliphatic hydroxyl groups is 1. The van der Waals surface area contributed by atoms with Crippen LogP contribution in [0.4, 0.5) is 0 Å². The molecule has 1 atom stereocenters. The van der Waals surface area contributed by atoms with Crippen LogP contribution in [0.3, 0.4) is 0 Å². The third-order valence-electron chi connectivity index (χ3n) is 0.896. The molecular formula is C5H12NO3P. The van der Waals surface area contributed by atoms with E-state index in [9.17, 15) is 4.79 Å².